The van der Waals surface area contributed by atoms with Crippen LogP contribution in [0, 0.1) is 0 Å². The van der Waals surface area contributed by atoms with Crippen molar-refractivity contribution in [2.45, 2.75) is 32.6 Å². The van der Waals surface area contributed by atoms with E-state index in [9.17, 15) is 0 Å². The molecular formula is C15H34NO3+. The Morgan fingerprint density at radius 1 is 0.737 bits per heavy atom. The number of methoxy groups -OCH3 is 1. The molecule has 0 atom stereocenters. The second kappa shape index (κ2) is 12.9. The van der Waals surface area contributed by atoms with Crippen molar-refractivity contribution in [1.82, 2.24) is 0 Å². The average molecular weight is 276 g/mol. The molecule has 0 aliphatic rings. The third kappa shape index (κ3) is 14.1. The third-order valence-corrected chi connectivity index (χ3v) is 3.26. The molecule has 0 fully saturated rings. The van der Waals surface area contributed by atoms with Crippen molar-refractivity contribution in [3.05, 3.63) is 0 Å². The van der Waals surface area contributed by atoms with E-state index >= 15 is 0 Å². The van der Waals surface area contributed by atoms with Gasteiger partial charge < -0.3 is 18.7 Å². The van der Waals surface area contributed by atoms with Crippen LogP contribution in [0.15, 0.2) is 0 Å². The second-order valence-corrected chi connectivity index (χ2v) is 5.66. The molecule has 116 valence electrons. The highest BCUT2D eigenvalue weighted by Gasteiger charge is 2.13. The first-order valence-corrected chi connectivity index (χ1v) is 7.59. The lowest BCUT2D eigenvalue weighted by Gasteiger charge is -2.29. The standard InChI is InChI=1S/C15H34NO3/c1-5-6-7-8-9-16(2,3)10-11-18-14-15-19-13-12-17-4/h5-15H2,1-4H3/q+1. The van der Waals surface area contributed by atoms with E-state index in [1.165, 1.54) is 32.2 Å². The molecule has 0 aromatic rings. The minimum Gasteiger partial charge on any atom is -0.382 e. The number of likely N-dealkylation sites (N-methyl/N-ethyl adjacent to an activating group) is 1. The quantitative estimate of drug-likeness (QED) is 0.360. The SMILES string of the molecule is CCCCCC[N+](C)(C)CCOCCOCCOC. The number of ether oxygens (including phenoxy) is 3. The fourth-order valence-electron chi connectivity index (χ4n) is 1.85. The summed E-state index contributed by atoms with van der Waals surface area (Å²) in [5, 5.41) is 0. The van der Waals surface area contributed by atoms with Gasteiger partial charge in [-0.15, -0.1) is 0 Å². The molecule has 0 bridgehead atoms. The van der Waals surface area contributed by atoms with Crippen LogP contribution in [0.25, 0.3) is 0 Å². The van der Waals surface area contributed by atoms with Crippen LogP contribution >= 0.6 is 0 Å². The van der Waals surface area contributed by atoms with E-state index in [4.69, 9.17) is 14.2 Å². The maximum Gasteiger partial charge on any atom is 0.102 e. The maximum absolute atomic E-state index is 5.60. The van der Waals surface area contributed by atoms with E-state index in [1.54, 1.807) is 7.11 Å². The zero-order valence-electron chi connectivity index (χ0n) is 13.5. The van der Waals surface area contributed by atoms with Crippen LogP contribution < -0.4 is 0 Å². The summed E-state index contributed by atoms with van der Waals surface area (Å²) in [5.41, 5.74) is 0. The molecule has 0 N–H and O–H groups in total. The Kier molecular flexibility index (Phi) is 12.7. The molecule has 0 saturated carbocycles. The lowest BCUT2D eigenvalue weighted by molar-refractivity contribution is -0.891. The van der Waals surface area contributed by atoms with Gasteiger partial charge in [0.05, 0.1) is 53.7 Å². The molecule has 0 saturated heterocycles. The summed E-state index contributed by atoms with van der Waals surface area (Å²) >= 11 is 0. The van der Waals surface area contributed by atoms with Gasteiger partial charge in [0, 0.05) is 7.11 Å². The van der Waals surface area contributed by atoms with Crippen LogP contribution in [-0.4, -0.2) is 71.8 Å². The van der Waals surface area contributed by atoms with Crippen LogP contribution in [0.2, 0.25) is 0 Å². The zero-order valence-corrected chi connectivity index (χ0v) is 13.5. The molecule has 0 radical (unpaired) electrons. The lowest BCUT2D eigenvalue weighted by Crippen LogP contribution is -2.43. The molecule has 0 aromatic carbocycles. The minimum atomic E-state index is 0.652. The van der Waals surface area contributed by atoms with Crippen molar-refractivity contribution in [3.8, 4) is 0 Å². The van der Waals surface area contributed by atoms with Gasteiger partial charge in [0.1, 0.15) is 6.54 Å². The number of unbranched alkanes of at least 4 members (excludes halogenated alkanes) is 3. The number of rotatable bonds is 14. The predicted molar refractivity (Wildman–Crippen MR) is 79.5 cm³/mol. The van der Waals surface area contributed by atoms with Crippen molar-refractivity contribution in [2.24, 2.45) is 0 Å². The first kappa shape index (κ1) is 18.8. The largest absolute Gasteiger partial charge is 0.382 e. The van der Waals surface area contributed by atoms with Gasteiger partial charge in [-0.3, -0.25) is 0 Å². The van der Waals surface area contributed by atoms with Gasteiger partial charge in [-0.05, 0) is 12.8 Å². The number of hydrogen-bond donors (Lipinski definition) is 0. The molecule has 0 amide bonds. The highest BCUT2D eigenvalue weighted by Crippen LogP contribution is 2.05. The first-order chi connectivity index (χ1) is 9.12. The van der Waals surface area contributed by atoms with Gasteiger partial charge >= 0.3 is 0 Å². The van der Waals surface area contributed by atoms with Gasteiger partial charge in [0.25, 0.3) is 0 Å². The normalized spacial score (nSPS) is 12.0. The van der Waals surface area contributed by atoms with Gasteiger partial charge in [-0.1, -0.05) is 19.8 Å². The monoisotopic (exact) mass is 276 g/mol. The van der Waals surface area contributed by atoms with Gasteiger partial charge in [-0.25, -0.2) is 0 Å². The van der Waals surface area contributed by atoms with Gasteiger partial charge in [0.15, 0.2) is 0 Å². The molecular weight excluding hydrogens is 242 g/mol. The summed E-state index contributed by atoms with van der Waals surface area (Å²) < 4.78 is 16.9. The molecule has 0 heterocycles. The van der Waals surface area contributed by atoms with Crippen molar-refractivity contribution in [2.75, 3.05) is 67.3 Å². The van der Waals surface area contributed by atoms with Gasteiger partial charge in [-0.2, -0.15) is 0 Å². The summed E-state index contributed by atoms with van der Waals surface area (Å²) in [5.74, 6) is 0. The Balaban J connectivity index is 3.32. The summed E-state index contributed by atoms with van der Waals surface area (Å²) in [6, 6.07) is 0. The third-order valence-electron chi connectivity index (χ3n) is 3.26. The molecule has 0 aliphatic carbocycles. The Bertz CT molecular complexity index is 186. The smallest absolute Gasteiger partial charge is 0.102 e. The Hall–Kier alpha value is -0.160. The summed E-state index contributed by atoms with van der Waals surface area (Å²) in [7, 11) is 6.25. The predicted octanol–water partition coefficient (Wildman–Crippen LogP) is 2.32. The molecule has 19 heavy (non-hydrogen) atoms. The van der Waals surface area contributed by atoms with E-state index in [2.05, 4.69) is 21.0 Å². The second-order valence-electron chi connectivity index (χ2n) is 5.66. The van der Waals surface area contributed by atoms with E-state index in [0.717, 1.165) is 17.6 Å². The fourth-order valence-corrected chi connectivity index (χ4v) is 1.85. The summed E-state index contributed by atoms with van der Waals surface area (Å²) in [6.45, 7) is 8.03. The van der Waals surface area contributed by atoms with Crippen LogP contribution in [0.4, 0.5) is 0 Å². The number of hydrogen-bond acceptors (Lipinski definition) is 3. The van der Waals surface area contributed by atoms with Crippen LogP contribution in [0.5, 0.6) is 0 Å². The Labute approximate surface area is 119 Å². The highest BCUT2D eigenvalue weighted by molar-refractivity contribution is 4.41. The molecule has 4 heteroatoms. The molecule has 0 aromatic heterocycles. The van der Waals surface area contributed by atoms with Crippen molar-refractivity contribution in [3.63, 3.8) is 0 Å². The lowest BCUT2D eigenvalue weighted by atomic mass is 10.2. The summed E-state index contributed by atoms with van der Waals surface area (Å²) in [6.07, 6.45) is 5.34. The van der Waals surface area contributed by atoms with Crippen molar-refractivity contribution < 1.29 is 18.7 Å². The zero-order chi connectivity index (χ0) is 14.4. The number of nitrogens with zero attached hydrogens (tertiary/aromatic N) is 1. The van der Waals surface area contributed by atoms with E-state index in [0.29, 0.717) is 26.4 Å². The molecule has 0 unspecified atom stereocenters. The van der Waals surface area contributed by atoms with Crippen LogP contribution in [-0.2, 0) is 14.2 Å². The molecule has 4 nitrogen and oxygen atoms in total. The Morgan fingerprint density at radius 2 is 1.37 bits per heavy atom. The van der Waals surface area contributed by atoms with E-state index < -0.39 is 0 Å². The van der Waals surface area contributed by atoms with Crippen LogP contribution in [0.3, 0.4) is 0 Å². The first-order valence-electron chi connectivity index (χ1n) is 7.59. The Morgan fingerprint density at radius 3 is 2.00 bits per heavy atom. The van der Waals surface area contributed by atoms with Crippen LogP contribution in [0.1, 0.15) is 32.6 Å². The fraction of sp³-hybridized carbons (Fsp3) is 1.00. The number of quaternary nitrogens is 1. The average Bonchev–Trinajstić information content (AvgIpc) is 2.38. The molecule has 0 aliphatic heterocycles. The topological polar surface area (TPSA) is 27.7 Å². The van der Waals surface area contributed by atoms with E-state index in [1.807, 2.05) is 0 Å². The van der Waals surface area contributed by atoms with Gasteiger partial charge in [0.2, 0.25) is 0 Å². The van der Waals surface area contributed by atoms with E-state index in [-0.39, 0.29) is 0 Å². The highest BCUT2D eigenvalue weighted by atomic mass is 16.5. The minimum absolute atomic E-state index is 0.652. The molecule has 0 spiro atoms. The van der Waals surface area contributed by atoms with Crippen molar-refractivity contribution >= 4 is 0 Å². The molecule has 0 rings (SSSR count). The van der Waals surface area contributed by atoms with Crippen molar-refractivity contribution in [1.29, 1.82) is 0 Å². The summed E-state index contributed by atoms with van der Waals surface area (Å²) in [4.78, 5) is 0. The maximum atomic E-state index is 5.60.